The quantitative estimate of drug-likeness (QED) is 0.789. The highest BCUT2D eigenvalue weighted by Gasteiger charge is 2.11. The molecule has 2 nitrogen and oxygen atoms in total. The van der Waals surface area contributed by atoms with E-state index in [1.165, 1.54) is 23.5 Å². The van der Waals surface area contributed by atoms with Crippen LogP contribution in [0.2, 0.25) is 0 Å². The van der Waals surface area contributed by atoms with E-state index in [9.17, 15) is 0 Å². The highest BCUT2D eigenvalue weighted by molar-refractivity contribution is 9.10. The Bertz CT molecular complexity index is 335. The first kappa shape index (κ1) is 11.3. The third-order valence-corrected chi connectivity index (χ3v) is 4.46. The molecule has 0 radical (unpaired) electrons. The van der Waals surface area contributed by atoms with Crippen molar-refractivity contribution in [2.75, 3.05) is 29.5 Å². The number of pyridine rings is 1. The molecule has 82 valence electrons. The number of aryl methyl sites for hydroxylation is 1. The van der Waals surface area contributed by atoms with Gasteiger partial charge in [-0.1, -0.05) is 0 Å². The molecule has 15 heavy (non-hydrogen) atoms. The van der Waals surface area contributed by atoms with Gasteiger partial charge in [0, 0.05) is 29.5 Å². The summed E-state index contributed by atoms with van der Waals surface area (Å²) in [7, 11) is 0. The minimum Gasteiger partial charge on any atom is -0.356 e. The Morgan fingerprint density at radius 3 is 3.07 bits per heavy atom. The standard InChI is InChI=1S/C11H15BrN2S/c1-9-7-11(13-8-10(9)12)14-3-2-5-15-6-4-14/h7-8H,2-6H2,1H3. The molecule has 0 aliphatic carbocycles. The molecule has 0 aromatic carbocycles. The predicted molar refractivity (Wildman–Crippen MR) is 70.8 cm³/mol. The first-order valence-corrected chi connectivity index (χ1v) is 7.17. The van der Waals surface area contributed by atoms with Gasteiger partial charge in [0.2, 0.25) is 0 Å². The number of halogens is 1. The van der Waals surface area contributed by atoms with Gasteiger partial charge in [0.1, 0.15) is 5.82 Å². The van der Waals surface area contributed by atoms with Gasteiger partial charge in [0.05, 0.1) is 0 Å². The van der Waals surface area contributed by atoms with Gasteiger partial charge in [-0.15, -0.1) is 0 Å². The Balaban J connectivity index is 2.16. The monoisotopic (exact) mass is 286 g/mol. The van der Waals surface area contributed by atoms with Crippen LogP contribution >= 0.6 is 27.7 Å². The van der Waals surface area contributed by atoms with E-state index in [4.69, 9.17) is 0 Å². The van der Waals surface area contributed by atoms with Crippen LogP contribution in [-0.2, 0) is 0 Å². The van der Waals surface area contributed by atoms with Gasteiger partial charge in [-0.2, -0.15) is 11.8 Å². The molecule has 2 rings (SSSR count). The molecular formula is C11H15BrN2S. The van der Waals surface area contributed by atoms with Crippen molar-refractivity contribution in [2.45, 2.75) is 13.3 Å². The van der Waals surface area contributed by atoms with E-state index in [-0.39, 0.29) is 0 Å². The number of rotatable bonds is 1. The molecule has 1 aromatic heterocycles. The lowest BCUT2D eigenvalue weighted by atomic mass is 10.3. The number of anilines is 1. The highest BCUT2D eigenvalue weighted by Crippen LogP contribution is 2.22. The normalized spacial score (nSPS) is 17.6. The lowest BCUT2D eigenvalue weighted by Gasteiger charge is -2.21. The second-order valence-electron chi connectivity index (χ2n) is 3.74. The zero-order valence-electron chi connectivity index (χ0n) is 8.87. The van der Waals surface area contributed by atoms with E-state index in [1.807, 2.05) is 18.0 Å². The molecule has 0 unspecified atom stereocenters. The predicted octanol–water partition coefficient (Wildman–Crippen LogP) is 3.10. The van der Waals surface area contributed by atoms with Crippen LogP contribution in [0.1, 0.15) is 12.0 Å². The van der Waals surface area contributed by atoms with Crippen molar-refractivity contribution >= 4 is 33.5 Å². The summed E-state index contributed by atoms with van der Waals surface area (Å²) in [6.45, 7) is 4.38. The van der Waals surface area contributed by atoms with Gasteiger partial charge in [-0.3, -0.25) is 0 Å². The Hall–Kier alpha value is -0.220. The fourth-order valence-electron chi connectivity index (χ4n) is 1.67. The maximum absolute atomic E-state index is 4.47. The Morgan fingerprint density at radius 1 is 1.40 bits per heavy atom. The molecule has 0 bridgehead atoms. The van der Waals surface area contributed by atoms with Crippen molar-refractivity contribution in [3.8, 4) is 0 Å². The summed E-state index contributed by atoms with van der Waals surface area (Å²) in [5.74, 6) is 3.63. The van der Waals surface area contributed by atoms with Crippen LogP contribution in [0.15, 0.2) is 16.7 Å². The van der Waals surface area contributed by atoms with Crippen molar-refractivity contribution in [3.05, 3.63) is 22.3 Å². The smallest absolute Gasteiger partial charge is 0.128 e. The minimum atomic E-state index is 1.09. The van der Waals surface area contributed by atoms with Crippen molar-refractivity contribution < 1.29 is 0 Å². The third-order valence-electron chi connectivity index (χ3n) is 2.58. The van der Waals surface area contributed by atoms with Crippen LogP contribution in [0.3, 0.4) is 0 Å². The van der Waals surface area contributed by atoms with E-state index in [2.05, 4.69) is 38.8 Å². The summed E-state index contributed by atoms with van der Waals surface area (Å²) in [6.07, 6.45) is 3.17. The van der Waals surface area contributed by atoms with Crippen molar-refractivity contribution in [3.63, 3.8) is 0 Å². The first-order valence-electron chi connectivity index (χ1n) is 5.22. The molecule has 0 atom stereocenters. The van der Waals surface area contributed by atoms with Crippen LogP contribution in [-0.4, -0.2) is 29.6 Å². The van der Waals surface area contributed by atoms with Crippen LogP contribution in [0.25, 0.3) is 0 Å². The topological polar surface area (TPSA) is 16.1 Å². The number of hydrogen-bond acceptors (Lipinski definition) is 3. The zero-order valence-corrected chi connectivity index (χ0v) is 11.3. The van der Waals surface area contributed by atoms with Crippen molar-refractivity contribution in [1.82, 2.24) is 4.98 Å². The Kier molecular flexibility index (Phi) is 3.92. The van der Waals surface area contributed by atoms with Gasteiger partial charge >= 0.3 is 0 Å². The second kappa shape index (κ2) is 5.21. The molecule has 4 heteroatoms. The molecule has 1 aromatic rings. The number of aromatic nitrogens is 1. The molecule has 2 heterocycles. The van der Waals surface area contributed by atoms with E-state index in [0.717, 1.165) is 23.4 Å². The molecule has 1 aliphatic heterocycles. The summed E-state index contributed by atoms with van der Waals surface area (Å²) in [6, 6.07) is 2.17. The Labute approximate surface area is 104 Å². The second-order valence-corrected chi connectivity index (χ2v) is 5.82. The van der Waals surface area contributed by atoms with Gasteiger partial charge < -0.3 is 4.90 Å². The van der Waals surface area contributed by atoms with Gasteiger partial charge in [0.15, 0.2) is 0 Å². The largest absolute Gasteiger partial charge is 0.356 e. The zero-order chi connectivity index (χ0) is 10.7. The molecule has 0 saturated carbocycles. The van der Waals surface area contributed by atoms with Crippen molar-refractivity contribution in [2.24, 2.45) is 0 Å². The minimum absolute atomic E-state index is 1.09. The lowest BCUT2D eigenvalue weighted by Crippen LogP contribution is -2.26. The average molecular weight is 287 g/mol. The molecular weight excluding hydrogens is 272 g/mol. The van der Waals surface area contributed by atoms with Gasteiger partial charge in [0.25, 0.3) is 0 Å². The molecule has 1 saturated heterocycles. The first-order chi connectivity index (χ1) is 7.27. The van der Waals surface area contributed by atoms with Gasteiger partial charge in [-0.05, 0) is 46.7 Å². The van der Waals surface area contributed by atoms with E-state index in [1.54, 1.807) is 0 Å². The molecule has 0 N–H and O–H groups in total. The van der Waals surface area contributed by atoms with Crippen LogP contribution in [0.5, 0.6) is 0 Å². The lowest BCUT2D eigenvalue weighted by molar-refractivity contribution is 0.800. The van der Waals surface area contributed by atoms with Crippen molar-refractivity contribution in [1.29, 1.82) is 0 Å². The fraction of sp³-hybridized carbons (Fsp3) is 0.545. The average Bonchev–Trinajstić information content (AvgIpc) is 2.50. The van der Waals surface area contributed by atoms with E-state index >= 15 is 0 Å². The molecule has 1 aliphatic rings. The summed E-state index contributed by atoms with van der Waals surface area (Å²) in [5, 5.41) is 0. The fourth-order valence-corrected chi connectivity index (χ4v) is 2.78. The number of thioether (sulfide) groups is 1. The summed E-state index contributed by atoms with van der Waals surface area (Å²) >= 11 is 5.53. The van der Waals surface area contributed by atoms with Crippen LogP contribution < -0.4 is 4.90 Å². The van der Waals surface area contributed by atoms with Crippen LogP contribution in [0, 0.1) is 6.92 Å². The SMILES string of the molecule is Cc1cc(N2CCCSCC2)ncc1Br. The third kappa shape index (κ3) is 2.88. The summed E-state index contributed by atoms with van der Waals surface area (Å²) in [4.78, 5) is 6.86. The number of hydrogen-bond donors (Lipinski definition) is 0. The maximum atomic E-state index is 4.47. The molecule has 0 amide bonds. The Morgan fingerprint density at radius 2 is 2.27 bits per heavy atom. The number of nitrogens with zero attached hydrogens (tertiary/aromatic N) is 2. The summed E-state index contributed by atoms with van der Waals surface area (Å²) in [5.41, 5.74) is 1.26. The summed E-state index contributed by atoms with van der Waals surface area (Å²) < 4.78 is 1.09. The van der Waals surface area contributed by atoms with E-state index in [0.29, 0.717) is 0 Å². The van der Waals surface area contributed by atoms with Gasteiger partial charge in [-0.25, -0.2) is 4.98 Å². The maximum Gasteiger partial charge on any atom is 0.128 e. The molecule has 1 fully saturated rings. The highest BCUT2D eigenvalue weighted by atomic mass is 79.9. The van der Waals surface area contributed by atoms with E-state index < -0.39 is 0 Å². The van der Waals surface area contributed by atoms with Crippen LogP contribution in [0.4, 0.5) is 5.82 Å². The molecule has 0 spiro atoms.